The van der Waals surface area contributed by atoms with Crippen molar-refractivity contribution in [1.29, 1.82) is 0 Å². The minimum atomic E-state index is -4.15. The minimum Gasteiger partial charge on any atom is -0.748 e. The van der Waals surface area contributed by atoms with Crippen LogP contribution in [0.2, 0.25) is 0 Å². The molecule has 2 unspecified atom stereocenters. The van der Waals surface area contributed by atoms with Crippen molar-refractivity contribution in [3.05, 3.63) is 0 Å². The fraction of sp³-hybridized carbons (Fsp3) is 1.00. The molecule has 0 aromatic rings. The first kappa shape index (κ1) is 33.0. The van der Waals surface area contributed by atoms with E-state index in [0.717, 1.165) is 57.8 Å². The topological polar surface area (TPSA) is 77.4 Å². The SMILES string of the molecule is CCCCCCCCC(CCCCCCCCCCCCC(O)CC)S(=O)(=O)[O-].[Na+]. The number of unbranched alkanes of at least 4 members (excludes halogenated alkanes) is 14. The summed E-state index contributed by atoms with van der Waals surface area (Å²) in [4.78, 5) is 0. The van der Waals surface area contributed by atoms with E-state index in [2.05, 4.69) is 6.92 Å². The molecule has 30 heavy (non-hydrogen) atoms. The van der Waals surface area contributed by atoms with Crippen LogP contribution in [0.15, 0.2) is 0 Å². The van der Waals surface area contributed by atoms with Crippen LogP contribution < -0.4 is 29.6 Å². The molecular formula is C24H49NaO4S. The molecule has 0 radical (unpaired) electrons. The Morgan fingerprint density at radius 3 is 1.30 bits per heavy atom. The van der Waals surface area contributed by atoms with Crippen molar-refractivity contribution in [2.75, 3.05) is 0 Å². The van der Waals surface area contributed by atoms with Crippen LogP contribution in [0.4, 0.5) is 0 Å². The van der Waals surface area contributed by atoms with Gasteiger partial charge in [0.25, 0.3) is 0 Å². The second kappa shape index (κ2) is 23.0. The Kier molecular flexibility index (Phi) is 25.4. The molecule has 0 spiro atoms. The van der Waals surface area contributed by atoms with Gasteiger partial charge in [-0.25, -0.2) is 8.42 Å². The van der Waals surface area contributed by atoms with Crippen molar-refractivity contribution < 1.29 is 47.6 Å². The van der Waals surface area contributed by atoms with Crippen LogP contribution in [-0.4, -0.2) is 29.4 Å². The van der Waals surface area contributed by atoms with Crippen molar-refractivity contribution in [2.45, 2.75) is 154 Å². The summed E-state index contributed by atoms with van der Waals surface area (Å²) < 4.78 is 34.5. The smallest absolute Gasteiger partial charge is 0.748 e. The van der Waals surface area contributed by atoms with E-state index in [4.69, 9.17) is 0 Å². The van der Waals surface area contributed by atoms with Gasteiger partial charge in [-0.3, -0.25) is 0 Å². The Morgan fingerprint density at radius 2 is 0.967 bits per heavy atom. The Labute approximate surface area is 210 Å². The molecule has 1 N–H and O–H groups in total. The average Bonchev–Trinajstić information content (AvgIpc) is 2.68. The monoisotopic (exact) mass is 456 g/mol. The summed E-state index contributed by atoms with van der Waals surface area (Å²) in [5, 5.41) is 8.84. The molecular weight excluding hydrogens is 407 g/mol. The van der Waals surface area contributed by atoms with Gasteiger partial charge in [0.2, 0.25) is 0 Å². The van der Waals surface area contributed by atoms with Gasteiger partial charge in [0, 0.05) is 5.25 Å². The molecule has 6 heteroatoms. The van der Waals surface area contributed by atoms with E-state index < -0.39 is 15.4 Å². The fourth-order valence-electron chi connectivity index (χ4n) is 3.96. The van der Waals surface area contributed by atoms with E-state index in [-0.39, 0.29) is 35.7 Å². The van der Waals surface area contributed by atoms with E-state index in [1.165, 1.54) is 57.8 Å². The predicted octanol–water partition coefficient (Wildman–Crippen LogP) is 4.11. The van der Waals surface area contributed by atoms with E-state index in [1.54, 1.807) is 0 Å². The van der Waals surface area contributed by atoms with E-state index in [0.29, 0.717) is 12.8 Å². The summed E-state index contributed by atoms with van der Waals surface area (Å²) >= 11 is 0. The van der Waals surface area contributed by atoms with Crippen LogP contribution in [0.3, 0.4) is 0 Å². The van der Waals surface area contributed by atoms with Crippen LogP contribution in [0.25, 0.3) is 0 Å². The van der Waals surface area contributed by atoms with E-state index in [9.17, 15) is 18.1 Å². The summed E-state index contributed by atoms with van der Waals surface area (Å²) in [5.74, 6) is 0. The van der Waals surface area contributed by atoms with Crippen molar-refractivity contribution in [3.63, 3.8) is 0 Å². The van der Waals surface area contributed by atoms with Crippen LogP contribution in [0.5, 0.6) is 0 Å². The fourth-order valence-corrected chi connectivity index (χ4v) is 4.87. The van der Waals surface area contributed by atoms with Crippen LogP contribution in [-0.2, 0) is 10.1 Å². The van der Waals surface area contributed by atoms with Gasteiger partial charge in [-0.15, -0.1) is 0 Å². The molecule has 0 aliphatic carbocycles. The molecule has 0 amide bonds. The van der Waals surface area contributed by atoms with Crippen molar-refractivity contribution in [3.8, 4) is 0 Å². The molecule has 4 nitrogen and oxygen atoms in total. The maximum atomic E-state index is 11.5. The summed E-state index contributed by atoms with van der Waals surface area (Å²) in [6.45, 7) is 4.21. The van der Waals surface area contributed by atoms with E-state index in [1.807, 2.05) is 6.92 Å². The van der Waals surface area contributed by atoms with Gasteiger partial charge in [-0.2, -0.15) is 0 Å². The maximum Gasteiger partial charge on any atom is 1.00 e. The Hall–Kier alpha value is 0.870. The number of aliphatic hydroxyl groups is 1. The largest absolute Gasteiger partial charge is 1.00 e. The molecule has 176 valence electrons. The van der Waals surface area contributed by atoms with Gasteiger partial charge >= 0.3 is 29.6 Å². The Balaban J connectivity index is 0. The van der Waals surface area contributed by atoms with Crippen molar-refractivity contribution in [2.24, 2.45) is 0 Å². The molecule has 0 aliphatic rings. The molecule has 0 aliphatic heterocycles. The third kappa shape index (κ3) is 22.1. The first-order valence-electron chi connectivity index (χ1n) is 12.5. The summed E-state index contributed by atoms with van der Waals surface area (Å²) in [6, 6.07) is 0. The molecule has 0 saturated heterocycles. The third-order valence-corrected chi connectivity index (χ3v) is 7.36. The van der Waals surface area contributed by atoms with Gasteiger partial charge < -0.3 is 9.66 Å². The summed E-state index contributed by atoms with van der Waals surface area (Å²) in [6.07, 6.45) is 21.2. The number of rotatable bonds is 22. The molecule has 0 bridgehead atoms. The summed E-state index contributed by atoms with van der Waals surface area (Å²) in [5.41, 5.74) is 0. The zero-order valence-electron chi connectivity index (χ0n) is 20.4. The predicted molar refractivity (Wildman–Crippen MR) is 123 cm³/mol. The Morgan fingerprint density at radius 1 is 0.633 bits per heavy atom. The quantitative estimate of drug-likeness (QED) is 0.151. The van der Waals surface area contributed by atoms with Gasteiger partial charge in [0.15, 0.2) is 0 Å². The molecule has 0 aromatic heterocycles. The number of hydrogen-bond donors (Lipinski definition) is 1. The first-order valence-corrected chi connectivity index (χ1v) is 14.0. The molecule has 2 atom stereocenters. The van der Waals surface area contributed by atoms with Crippen molar-refractivity contribution in [1.82, 2.24) is 0 Å². The third-order valence-electron chi connectivity index (χ3n) is 6.07. The minimum absolute atomic E-state index is 0. The van der Waals surface area contributed by atoms with Gasteiger partial charge in [-0.05, 0) is 25.7 Å². The molecule has 0 fully saturated rings. The standard InChI is InChI=1S/C24H50O4S.Na/c1-3-5-6-7-15-18-21-24(29(26,27)28)22-19-16-13-11-9-8-10-12-14-17-20-23(25)4-2;/h23-25H,3-22H2,1-2H3,(H,26,27,28);/q;+1/p-1. The zero-order valence-corrected chi connectivity index (χ0v) is 23.2. The molecule has 0 saturated carbocycles. The molecule has 0 aromatic carbocycles. The van der Waals surface area contributed by atoms with Crippen LogP contribution in [0.1, 0.15) is 142 Å². The van der Waals surface area contributed by atoms with Crippen LogP contribution >= 0.6 is 0 Å². The second-order valence-electron chi connectivity index (χ2n) is 8.85. The van der Waals surface area contributed by atoms with E-state index >= 15 is 0 Å². The zero-order chi connectivity index (χ0) is 21.8. The van der Waals surface area contributed by atoms with Gasteiger partial charge in [-0.1, -0.05) is 117 Å². The second-order valence-corrected chi connectivity index (χ2v) is 10.5. The van der Waals surface area contributed by atoms with Crippen molar-refractivity contribution >= 4 is 10.1 Å². The number of aliphatic hydroxyl groups excluding tert-OH is 1. The molecule has 0 rings (SSSR count). The number of hydrogen-bond acceptors (Lipinski definition) is 4. The van der Waals surface area contributed by atoms with Gasteiger partial charge in [0.05, 0.1) is 16.2 Å². The van der Waals surface area contributed by atoms with Gasteiger partial charge in [0.1, 0.15) is 0 Å². The van der Waals surface area contributed by atoms with Crippen LogP contribution in [0, 0.1) is 0 Å². The first-order chi connectivity index (χ1) is 13.9. The average molecular weight is 457 g/mol. The Bertz CT molecular complexity index is 442. The molecule has 0 heterocycles. The summed E-state index contributed by atoms with van der Waals surface area (Å²) in [7, 11) is -4.15. The maximum absolute atomic E-state index is 11.5. The normalized spacial score (nSPS) is 13.7.